The normalized spacial score (nSPS) is 30.8. The maximum atomic E-state index is 10.4. The predicted molar refractivity (Wildman–Crippen MR) is 45.0 cm³/mol. The molecular formula is C10H14O. The molecule has 0 unspecified atom stereocenters. The van der Waals surface area contributed by atoms with Gasteiger partial charge in [-0.3, -0.25) is 0 Å². The first kappa shape index (κ1) is 8.33. The van der Waals surface area contributed by atoms with Crippen LogP contribution in [0.15, 0.2) is 0 Å². The molecule has 0 N–H and O–H groups in total. The van der Waals surface area contributed by atoms with Crippen molar-refractivity contribution in [3.63, 3.8) is 0 Å². The average molecular weight is 150 g/mol. The minimum absolute atomic E-state index is 0.323. The zero-order valence-corrected chi connectivity index (χ0v) is 6.75. The molecule has 1 aliphatic carbocycles. The van der Waals surface area contributed by atoms with Crippen molar-refractivity contribution in [2.45, 2.75) is 32.1 Å². The largest absolute Gasteiger partial charge is 0.303 e. The molecular weight excluding hydrogens is 136 g/mol. The minimum atomic E-state index is 0.323. The summed E-state index contributed by atoms with van der Waals surface area (Å²) >= 11 is 0. The van der Waals surface area contributed by atoms with Gasteiger partial charge in [-0.25, -0.2) is 0 Å². The highest BCUT2D eigenvalue weighted by Gasteiger charge is 2.19. The van der Waals surface area contributed by atoms with Crippen molar-refractivity contribution in [1.82, 2.24) is 0 Å². The number of hydrogen-bond acceptors (Lipinski definition) is 1. The summed E-state index contributed by atoms with van der Waals surface area (Å²) < 4.78 is 0. The summed E-state index contributed by atoms with van der Waals surface area (Å²) in [5, 5.41) is 0. The third-order valence-corrected chi connectivity index (χ3v) is 2.49. The molecule has 0 aliphatic heterocycles. The van der Waals surface area contributed by atoms with Crippen LogP contribution in [0.1, 0.15) is 32.1 Å². The Morgan fingerprint density at radius 2 is 2.00 bits per heavy atom. The van der Waals surface area contributed by atoms with Crippen molar-refractivity contribution in [3.05, 3.63) is 0 Å². The standard InChI is InChI=1S/C10H14O/c1-2-3-9-4-6-10(8-11)7-5-9/h1,8-10H,3-7H2. The molecule has 60 valence electrons. The average Bonchev–Trinajstić information content (AvgIpc) is 2.07. The fraction of sp³-hybridized carbons (Fsp3) is 0.700. The van der Waals surface area contributed by atoms with Gasteiger partial charge in [-0.1, -0.05) is 0 Å². The smallest absolute Gasteiger partial charge is 0.123 e. The second-order valence-electron chi connectivity index (χ2n) is 3.33. The zero-order valence-electron chi connectivity index (χ0n) is 6.75. The fourth-order valence-corrected chi connectivity index (χ4v) is 1.70. The first-order chi connectivity index (χ1) is 5.36. The molecule has 0 bridgehead atoms. The summed E-state index contributed by atoms with van der Waals surface area (Å²) in [6, 6.07) is 0. The van der Waals surface area contributed by atoms with Gasteiger partial charge in [0.2, 0.25) is 0 Å². The van der Waals surface area contributed by atoms with E-state index in [4.69, 9.17) is 6.42 Å². The van der Waals surface area contributed by atoms with Crippen LogP contribution in [0, 0.1) is 24.2 Å². The van der Waals surface area contributed by atoms with Crippen LogP contribution in [0.5, 0.6) is 0 Å². The third-order valence-electron chi connectivity index (χ3n) is 2.49. The van der Waals surface area contributed by atoms with Crippen LogP contribution in [0.4, 0.5) is 0 Å². The van der Waals surface area contributed by atoms with Gasteiger partial charge in [-0.05, 0) is 31.6 Å². The topological polar surface area (TPSA) is 17.1 Å². The van der Waals surface area contributed by atoms with Gasteiger partial charge in [0, 0.05) is 12.3 Å². The Bertz CT molecular complexity index is 158. The number of rotatable bonds is 2. The summed E-state index contributed by atoms with van der Waals surface area (Å²) in [5.74, 6) is 3.70. The van der Waals surface area contributed by atoms with Gasteiger partial charge >= 0.3 is 0 Å². The molecule has 0 spiro atoms. The number of hydrogen-bond donors (Lipinski definition) is 0. The SMILES string of the molecule is C#CCC1CCC(C=O)CC1. The summed E-state index contributed by atoms with van der Waals surface area (Å²) in [5.41, 5.74) is 0. The lowest BCUT2D eigenvalue weighted by molar-refractivity contribution is -0.112. The quantitative estimate of drug-likeness (QED) is 0.434. The summed E-state index contributed by atoms with van der Waals surface area (Å²) in [7, 11) is 0. The molecule has 11 heavy (non-hydrogen) atoms. The van der Waals surface area contributed by atoms with Gasteiger partial charge < -0.3 is 4.79 Å². The molecule has 0 saturated heterocycles. The van der Waals surface area contributed by atoms with Crippen molar-refractivity contribution in [3.8, 4) is 12.3 Å². The molecule has 1 saturated carbocycles. The van der Waals surface area contributed by atoms with Crippen molar-refractivity contribution in [1.29, 1.82) is 0 Å². The molecule has 1 fully saturated rings. The summed E-state index contributed by atoms with van der Waals surface area (Å²) in [6.45, 7) is 0. The van der Waals surface area contributed by atoms with Crippen LogP contribution in [0.2, 0.25) is 0 Å². The monoisotopic (exact) mass is 150 g/mol. The van der Waals surface area contributed by atoms with E-state index in [9.17, 15) is 4.79 Å². The highest BCUT2D eigenvalue weighted by Crippen LogP contribution is 2.29. The van der Waals surface area contributed by atoms with Crippen molar-refractivity contribution < 1.29 is 4.79 Å². The Labute approximate surface area is 68.2 Å². The highest BCUT2D eigenvalue weighted by atomic mass is 16.1. The molecule has 1 nitrogen and oxygen atoms in total. The summed E-state index contributed by atoms with van der Waals surface area (Å²) in [6.07, 6.45) is 11.6. The third kappa shape index (κ3) is 2.38. The van der Waals surface area contributed by atoms with E-state index in [1.54, 1.807) is 0 Å². The molecule has 0 radical (unpaired) electrons. The van der Waals surface area contributed by atoms with E-state index in [2.05, 4.69) is 5.92 Å². The molecule has 1 aliphatic rings. The van der Waals surface area contributed by atoms with Gasteiger partial charge in [0.15, 0.2) is 0 Å². The second-order valence-corrected chi connectivity index (χ2v) is 3.33. The number of carbonyl (C=O) groups excluding carboxylic acids is 1. The van der Waals surface area contributed by atoms with E-state index in [1.807, 2.05) is 0 Å². The fourth-order valence-electron chi connectivity index (χ4n) is 1.70. The molecule has 0 aromatic carbocycles. The van der Waals surface area contributed by atoms with Crippen LogP contribution in [0.3, 0.4) is 0 Å². The van der Waals surface area contributed by atoms with E-state index in [1.165, 1.54) is 0 Å². The van der Waals surface area contributed by atoms with Crippen LogP contribution in [-0.4, -0.2) is 6.29 Å². The van der Waals surface area contributed by atoms with E-state index >= 15 is 0 Å². The van der Waals surface area contributed by atoms with Gasteiger partial charge in [0.25, 0.3) is 0 Å². The number of terminal acetylenes is 1. The highest BCUT2D eigenvalue weighted by molar-refractivity contribution is 5.53. The maximum Gasteiger partial charge on any atom is 0.123 e. The lowest BCUT2D eigenvalue weighted by Crippen LogP contribution is -2.14. The first-order valence-electron chi connectivity index (χ1n) is 4.25. The Morgan fingerprint density at radius 3 is 2.45 bits per heavy atom. The Balaban J connectivity index is 2.25. The summed E-state index contributed by atoms with van der Waals surface area (Å²) in [4.78, 5) is 10.4. The van der Waals surface area contributed by atoms with E-state index in [0.29, 0.717) is 11.8 Å². The predicted octanol–water partition coefficient (Wildman–Crippen LogP) is 2.01. The van der Waals surface area contributed by atoms with Gasteiger partial charge in [-0.15, -0.1) is 12.3 Å². The Hall–Kier alpha value is -0.770. The zero-order chi connectivity index (χ0) is 8.10. The molecule has 0 aromatic heterocycles. The maximum absolute atomic E-state index is 10.4. The number of aldehydes is 1. The lowest BCUT2D eigenvalue weighted by Gasteiger charge is -2.23. The Morgan fingerprint density at radius 1 is 1.36 bits per heavy atom. The van der Waals surface area contributed by atoms with E-state index < -0.39 is 0 Å². The molecule has 1 heteroatoms. The Kier molecular flexibility index (Phi) is 3.16. The molecule has 0 atom stereocenters. The van der Waals surface area contributed by atoms with Gasteiger partial charge in [-0.2, -0.15) is 0 Å². The number of carbonyl (C=O) groups is 1. The lowest BCUT2D eigenvalue weighted by atomic mass is 9.81. The first-order valence-corrected chi connectivity index (χ1v) is 4.25. The van der Waals surface area contributed by atoms with Gasteiger partial charge in [0.1, 0.15) is 6.29 Å². The molecule has 0 aromatic rings. The van der Waals surface area contributed by atoms with Crippen molar-refractivity contribution in [2.24, 2.45) is 11.8 Å². The van der Waals surface area contributed by atoms with Crippen LogP contribution in [-0.2, 0) is 4.79 Å². The second kappa shape index (κ2) is 4.18. The van der Waals surface area contributed by atoms with Crippen LogP contribution in [0.25, 0.3) is 0 Å². The van der Waals surface area contributed by atoms with Crippen molar-refractivity contribution in [2.75, 3.05) is 0 Å². The minimum Gasteiger partial charge on any atom is -0.303 e. The van der Waals surface area contributed by atoms with Crippen molar-refractivity contribution >= 4 is 6.29 Å². The molecule has 0 amide bonds. The molecule has 1 rings (SSSR count). The van der Waals surface area contributed by atoms with E-state index in [-0.39, 0.29) is 0 Å². The van der Waals surface area contributed by atoms with Crippen LogP contribution >= 0.6 is 0 Å². The van der Waals surface area contributed by atoms with E-state index in [0.717, 1.165) is 38.4 Å². The molecule has 0 heterocycles. The van der Waals surface area contributed by atoms with Gasteiger partial charge in [0.05, 0.1) is 0 Å². The van der Waals surface area contributed by atoms with Crippen LogP contribution < -0.4 is 0 Å².